The Balaban J connectivity index is 2.26. The molecule has 0 fully saturated rings. The lowest BCUT2D eigenvalue weighted by molar-refractivity contribution is 0.945. The number of aryl methyl sites for hydroxylation is 1. The zero-order chi connectivity index (χ0) is 12.3. The number of benzene rings is 1. The first-order valence-electron chi connectivity index (χ1n) is 5.16. The molecule has 0 radical (unpaired) electrons. The van der Waals surface area contributed by atoms with Crippen molar-refractivity contribution < 1.29 is 0 Å². The van der Waals surface area contributed by atoms with Gasteiger partial charge in [0.25, 0.3) is 5.56 Å². The largest absolute Gasteiger partial charge is 0.340 e. The predicted octanol–water partition coefficient (Wildman–Crippen LogP) is 2.54. The van der Waals surface area contributed by atoms with E-state index in [0.29, 0.717) is 11.0 Å². The number of anilines is 2. The van der Waals surface area contributed by atoms with Crippen LogP contribution < -0.4 is 10.9 Å². The molecule has 2 N–H and O–H groups in total. The molecule has 0 amide bonds. The van der Waals surface area contributed by atoms with Crippen molar-refractivity contribution in [2.45, 2.75) is 12.1 Å². The molecule has 4 nitrogen and oxygen atoms in total. The first kappa shape index (κ1) is 11.7. The maximum atomic E-state index is 11.4. The number of hydrogen-bond acceptors (Lipinski definition) is 4. The van der Waals surface area contributed by atoms with Crippen LogP contribution in [-0.4, -0.2) is 16.2 Å². The highest BCUT2D eigenvalue weighted by Crippen LogP contribution is 2.15. The third-order valence-electron chi connectivity index (χ3n) is 2.24. The van der Waals surface area contributed by atoms with Crippen molar-refractivity contribution >= 4 is 23.3 Å². The summed E-state index contributed by atoms with van der Waals surface area (Å²) in [5.41, 5.74) is 1.96. The van der Waals surface area contributed by atoms with Crippen molar-refractivity contribution in [3.63, 3.8) is 0 Å². The Hall–Kier alpha value is -1.75. The highest BCUT2D eigenvalue weighted by atomic mass is 32.2. The summed E-state index contributed by atoms with van der Waals surface area (Å²) in [7, 11) is 0. The maximum absolute atomic E-state index is 11.4. The summed E-state index contributed by atoms with van der Waals surface area (Å²) in [6.45, 7) is 2.03. The molecule has 0 saturated carbocycles. The van der Waals surface area contributed by atoms with E-state index in [1.807, 2.05) is 37.4 Å². The molecule has 5 heteroatoms. The Labute approximate surface area is 103 Å². The van der Waals surface area contributed by atoms with E-state index in [9.17, 15) is 4.79 Å². The van der Waals surface area contributed by atoms with E-state index in [-0.39, 0.29) is 5.56 Å². The van der Waals surface area contributed by atoms with Gasteiger partial charge in [0, 0.05) is 11.8 Å². The molecule has 0 aliphatic carbocycles. The molecule has 1 aromatic heterocycles. The minimum atomic E-state index is -0.154. The van der Waals surface area contributed by atoms with E-state index >= 15 is 0 Å². The fourth-order valence-electron chi connectivity index (χ4n) is 1.38. The smallest absolute Gasteiger partial charge is 0.253 e. The summed E-state index contributed by atoms with van der Waals surface area (Å²) in [5, 5.41) is 3.71. The number of H-pyrrole nitrogens is 1. The van der Waals surface area contributed by atoms with Crippen molar-refractivity contribution in [1.29, 1.82) is 0 Å². The van der Waals surface area contributed by atoms with Gasteiger partial charge < -0.3 is 10.3 Å². The molecule has 0 bridgehead atoms. The van der Waals surface area contributed by atoms with Crippen LogP contribution in [0.15, 0.2) is 40.3 Å². The minimum absolute atomic E-state index is 0.154. The molecular weight excluding hydrogens is 234 g/mol. The molecule has 2 aromatic rings. The molecule has 0 spiro atoms. The second-order valence-corrected chi connectivity index (χ2v) is 4.43. The van der Waals surface area contributed by atoms with Gasteiger partial charge in [0.05, 0.1) is 0 Å². The molecule has 17 heavy (non-hydrogen) atoms. The van der Waals surface area contributed by atoms with E-state index in [1.165, 1.54) is 23.4 Å². The Bertz CT molecular complexity index is 563. The van der Waals surface area contributed by atoms with Crippen LogP contribution in [0.3, 0.4) is 0 Å². The lowest BCUT2D eigenvalue weighted by atomic mass is 10.2. The number of aromatic nitrogens is 2. The quantitative estimate of drug-likeness (QED) is 0.646. The van der Waals surface area contributed by atoms with E-state index in [4.69, 9.17) is 0 Å². The van der Waals surface area contributed by atoms with Gasteiger partial charge >= 0.3 is 0 Å². The SMILES string of the molecule is CSc1nc(Nc2ccc(C)cc2)cc(=O)[nH]1. The van der Waals surface area contributed by atoms with E-state index < -0.39 is 0 Å². The number of thioether (sulfide) groups is 1. The maximum Gasteiger partial charge on any atom is 0.253 e. The first-order chi connectivity index (χ1) is 8.17. The highest BCUT2D eigenvalue weighted by Gasteiger charge is 2.00. The average molecular weight is 247 g/mol. The highest BCUT2D eigenvalue weighted by molar-refractivity contribution is 7.98. The van der Waals surface area contributed by atoms with Crippen LogP contribution in [0.4, 0.5) is 11.5 Å². The number of nitrogens with zero attached hydrogens (tertiary/aromatic N) is 1. The van der Waals surface area contributed by atoms with Crippen LogP contribution in [0.25, 0.3) is 0 Å². The molecule has 88 valence electrons. The second-order valence-electron chi connectivity index (χ2n) is 3.63. The molecule has 0 aliphatic rings. The van der Waals surface area contributed by atoms with E-state index in [2.05, 4.69) is 15.3 Å². The number of aromatic amines is 1. The summed E-state index contributed by atoms with van der Waals surface area (Å²) >= 11 is 1.40. The Kier molecular flexibility index (Phi) is 3.49. The normalized spacial score (nSPS) is 10.2. The lowest BCUT2D eigenvalue weighted by Crippen LogP contribution is -2.09. The van der Waals surface area contributed by atoms with Crippen LogP contribution >= 0.6 is 11.8 Å². The summed E-state index contributed by atoms with van der Waals surface area (Å²) in [5.74, 6) is 0.557. The predicted molar refractivity (Wildman–Crippen MR) is 71.1 cm³/mol. The fraction of sp³-hybridized carbons (Fsp3) is 0.167. The van der Waals surface area contributed by atoms with Gasteiger partial charge in [-0.15, -0.1) is 0 Å². The van der Waals surface area contributed by atoms with Crippen molar-refractivity contribution in [1.82, 2.24) is 9.97 Å². The molecule has 1 heterocycles. The summed E-state index contributed by atoms with van der Waals surface area (Å²) in [6, 6.07) is 9.36. The van der Waals surface area contributed by atoms with Gasteiger partial charge in [-0.25, -0.2) is 4.98 Å². The lowest BCUT2D eigenvalue weighted by Gasteiger charge is -2.06. The number of rotatable bonds is 3. The van der Waals surface area contributed by atoms with Gasteiger partial charge in [0.1, 0.15) is 5.82 Å². The van der Waals surface area contributed by atoms with Crippen molar-refractivity contribution in [2.75, 3.05) is 11.6 Å². The molecule has 1 aromatic carbocycles. The average Bonchev–Trinajstić information content (AvgIpc) is 2.31. The van der Waals surface area contributed by atoms with Crippen LogP contribution in [-0.2, 0) is 0 Å². The summed E-state index contributed by atoms with van der Waals surface area (Å²) in [6.07, 6.45) is 1.87. The molecule has 0 saturated heterocycles. The van der Waals surface area contributed by atoms with Crippen LogP contribution in [0, 0.1) is 6.92 Å². The van der Waals surface area contributed by atoms with Gasteiger partial charge in [-0.1, -0.05) is 29.5 Å². The van der Waals surface area contributed by atoms with Crippen molar-refractivity contribution in [3.05, 3.63) is 46.2 Å². The first-order valence-corrected chi connectivity index (χ1v) is 6.39. The van der Waals surface area contributed by atoms with Gasteiger partial charge in [-0.3, -0.25) is 4.79 Å². The molecule has 0 unspecified atom stereocenters. The zero-order valence-electron chi connectivity index (χ0n) is 9.65. The standard InChI is InChI=1S/C12H13N3OS/c1-8-3-5-9(6-4-8)13-10-7-11(16)15-12(14-10)17-2/h3-7H,1-2H3,(H2,13,14,15,16). The summed E-state index contributed by atoms with van der Waals surface area (Å²) < 4.78 is 0. The summed E-state index contributed by atoms with van der Waals surface area (Å²) in [4.78, 5) is 18.3. The molecule has 0 atom stereocenters. The Morgan fingerprint density at radius 1 is 1.29 bits per heavy atom. The fourth-order valence-corrected chi connectivity index (χ4v) is 1.77. The molecule has 2 rings (SSSR count). The number of nitrogens with one attached hydrogen (secondary N) is 2. The van der Waals surface area contributed by atoms with Gasteiger partial charge in [-0.05, 0) is 25.3 Å². The Morgan fingerprint density at radius 3 is 2.65 bits per heavy atom. The monoisotopic (exact) mass is 247 g/mol. The number of hydrogen-bond donors (Lipinski definition) is 2. The van der Waals surface area contributed by atoms with Gasteiger partial charge in [0.2, 0.25) is 0 Å². The van der Waals surface area contributed by atoms with Crippen molar-refractivity contribution in [3.8, 4) is 0 Å². The topological polar surface area (TPSA) is 57.8 Å². The molecule has 0 aliphatic heterocycles. The third-order valence-corrected chi connectivity index (χ3v) is 2.82. The van der Waals surface area contributed by atoms with Crippen molar-refractivity contribution in [2.24, 2.45) is 0 Å². The molecular formula is C12H13N3OS. The zero-order valence-corrected chi connectivity index (χ0v) is 10.5. The van der Waals surface area contributed by atoms with Crippen LogP contribution in [0.2, 0.25) is 0 Å². The Morgan fingerprint density at radius 2 is 2.00 bits per heavy atom. The second kappa shape index (κ2) is 5.05. The third kappa shape index (κ3) is 3.10. The van der Waals surface area contributed by atoms with Gasteiger partial charge in [-0.2, -0.15) is 0 Å². The van der Waals surface area contributed by atoms with Crippen LogP contribution in [0.5, 0.6) is 0 Å². The van der Waals surface area contributed by atoms with Crippen LogP contribution in [0.1, 0.15) is 5.56 Å². The van der Waals surface area contributed by atoms with Gasteiger partial charge in [0.15, 0.2) is 5.16 Å². The minimum Gasteiger partial charge on any atom is -0.340 e. The van der Waals surface area contributed by atoms with E-state index in [1.54, 1.807) is 0 Å². The van der Waals surface area contributed by atoms with E-state index in [0.717, 1.165) is 5.69 Å².